The summed E-state index contributed by atoms with van der Waals surface area (Å²) in [5.74, 6) is -0.157. The average molecular weight is 237 g/mol. The van der Waals surface area contributed by atoms with E-state index >= 15 is 0 Å². The van der Waals surface area contributed by atoms with Crippen LogP contribution in [-0.4, -0.2) is 26.1 Å². The number of amides is 1. The van der Waals surface area contributed by atoms with Crippen LogP contribution in [-0.2, 0) is 9.53 Å². The van der Waals surface area contributed by atoms with Crippen LogP contribution in [0.1, 0.15) is 23.7 Å². The van der Waals surface area contributed by atoms with Gasteiger partial charge in [0, 0.05) is 6.42 Å². The largest absolute Gasteiger partial charge is 0.497 e. The minimum atomic E-state index is -0.518. The Balaban J connectivity index is 3.10. The molecule has 1 aromatic carbocycles. The fourth-order valence-electron chi connectivity index (χ4n) is 1.28. The van der Waals surface area contributed by atoms with Crippen LogP contribution in [0, 0.1) is 0 Å². The molecule has 17 heavy (non-hydrogen) atoms. The summed E-state index contributed by atoms with van der Waals surface area (Å²) in [5.41, 5.74) is 0.693. The highest BCUT2D eigenvalue weighted by molar-refractivity contribution is 6.01. The predicted octanol–water partition coefficient (Wildman–Crippen LogP) is 1.83. The smallest absolute Gasteiger partial charge is 0.340 e. The Morgan fingerprint density at radius 1 is 1.29 bits per heavy atom. The van der Waals surface area contributed by atoms with E-state index < -0.39 is 5.97 Å². The minimum absolute atomic E-state index is 0.166. The summed E-state index contributed by atoms with van der Waals surface area (Å²) in [6.45, 7) is 1.73. The lowest BCUT2D eigenvalue weighted by atomic mass is 10.1. The molecule has 1 amide bonds. The second-order valence-electron chi connectivity index (χ2n) is 3.30. The molecule has 5 heteroatoms. The fourth-order valence-corrected chi connectivity index (χ4v) is 1.28. The van der Waals surface area contributed by atoms with E-state index in [4.69, 9.17) is 4.74 Å². The number of benzene rings is 1. The Bertz CT molecular complexity index is 429. The molecule has 0 atom stereocenters. The van der Waals surface area contributed by atoms with Crippen molar-refractivity contribution in [2.75, 3.05) is 19.5 Å². The van der Waals surface area contributed by atoms with E-state index in [0.717, 1.165) is 0 Å². The molecule has 0 saturated carbocycles. The van der Waals surface area contributed by atoms with Crippen molar-refractivity contribution >= 4 is 17.6 Å². The van der Waals surface area contributed by atoms with Gasteiger partial charge in [-0.1, -0.05) is 6.92 Å². The van der Waals surface area contributed by atoms with E-state index in [1.807, 2.05) is 0 Å². The molecule has 92 valence electrons. The first-order valence-corrected chi connectivity index (χ1v) is 5.18. The lowest BCUT2D eigenvalue weighted by Crippen LogP contribution is -2.14. The van der Waals surface area contributed by atoms with Crippen LogP contribution >= 0.6 is 0 Å². The van der Waals surface area contributed by atoms with Gasteiger partial charge in [-0.3, -0.25) is 4.79 Å². The van der Waals surface area contributed by atoms with E-state index in [2.05, 4.69) is 10.1 Å². The third-order valence-corrected chi connectivity index (χ3v) is 2.23. The van der Waals surface area contributed by atoms with Gasteiger partial charge < -0.3 is 14.8 Å². The molecule has 0 fully saturated rings. The van der Waals surface area contributed by atoms with Crippen molar-refractivity contribution in [3.63, 3.8) is 0 Å². The summed E-state index contributed by atoms with van der Waals surface area (Å²) in [5, 5.41) is 2.63. The number of rotatable bonds is 4. The molecule has 0 heterocycles. The normalized spacial score (nSPS) is 9.59. The highest BCUT2D eigenvalue weighted by Gasteiger charge is 2.14. The van der Waals surface area contributed by atoms with Gasteiger partial charge >= 0.3 is 5.97 Å². The first-order valence-electron chi connectivity index (χ1n) is 5.18. The second kappa shape index (κ2) is 5.89. The van der Waals surface area contributed by atoms with Gasteiger partial charge in [0.1, 0.15) is 5.75 Å². The third-order valence-electron chi connectivity index (χ3n) is 2.23. The number of carbonyl (C=O) groups excluding carboxylic acids is 2. The maximum absolute atomic E-state index is 11.5. The first kappa shape index (κ1) is 13.0. The van der Waals surface area contributed by atoms with E-state index in [0.29, 0.717) is 17.9 Å². The molecule has 0 aliphatic rings. The minimum Gasteiger partial charge on any atom is -0.497 e. The van der Waals surface area contributed by atoms with Crippen LogP contribution in [0.2, 0.25) is 0 Å². The van der Waals surface area contributed by atoms with Crippen molar-refractivity contribution in [3.05, 3.63) is 23.8 Å². The summed E-state index contributed by atoms with van der Waals surface area (Å²) < 4.78 is 9.66. The highest BCUT2D eigenvalue weighted by atomic mass is 16.5. The summed E-state index contributed by atoms with van der Waals surface area (Å²) >= 11 is 0. The molecule has 1 N–H and O–H groups in total. The lowest BCUT2D eigenvalue weighted by molar-refractivity contribution is -0.115. The van der Waals surface area contributed by atoms with E-state index in [9.17, 15) is 9.59 Å². The van der Waals surface area contributed by atoms with Crippen LogP contribution in [0.4, 0.5) is 5.69 Å². The Hall–Kier alpha value is -2.04. The molecule has 0 aliphatic heterocycles. The van der Waals surface area contributed by atoms with Crippen LogP contribution in [0.25, 0.3) is 0 Å². The van der Waals surface area contributed by atoms with Crippen LogP contribution in [0.5, 0.6) is 5.75 Å². The van der Waals surface area contributed by atoms with Crippen LogP contribution < -0.4 is 10.1 Å². The van der Waals surface area contributed by atoms with Crippen LogP contribution in [0.3, 0.4) is 0 Å². The molecule has 0 radical (unpaired) electrons. The zero-order valence-electron chi connectivity index (χ0n) is 10.1. The SMILES string of the molecule is CCC(=O)Nc1ccc(OC)cc1C(=O)OC. The summed E-state index contributed by atoms with van der Waals surface area (Å²) in [4.78, 5) is 22.8. The van der Waals surface area contributed by atoms with Crippen molar-refractivity contribution in [1.82, 2.24) is 0 Å². The predicted molar refractivity (Wildman–Crippen MR) is 63.3 cm³/mol. The van der Waals surface area contributed by atoms with Gasteiger partial charge in [-0.2, -0.15) is 0 Å². The van der Waals surface area contributed by atoms with Crippen molar-refractivity contribution in [2.24, 2.45) is 0 Å². The first-order chi connectivity index (χ1) is 8.12. The molecule has 1 rings (SSSR count). The molecule has 5 nitrogen and oxygen atoms in total. The number of hydrogen-bond donors (Lipinski definition) is 1. The molecule has 1 aromatic rings. The Kier molecular flexibility index (Phi) is 4.51. The van der Waals surface area contributed by atoms with Crippen molar-refractivity contribution in [3.8, 4) is 5.75 Å². The van der Waals surface area contributed by atoms with E-state index in [1.165, 1.54) is 20.3 Å². The van der Waals surface area contributed by atoms with Gasteiger partial charge in [-0.25, -0.2) is 4.79 Å². The van der Waals surface area contributed by atoms with Gasteiger partial charge in [-0.15, -0.1) is 0 Å². The summed E-state index contributed by atoms with van der Waals surface area (Å²) in [7, 11) is 2.79. The maximum Gasteiger partial charge on any atom is 0.340 e. The number of hydrogen-bond acceptors (Lipinski definition) is 4. The van der Waals surface area contributed by atoms with Gasteiger partial charge in [0.2, 0.25) is 5.91 Å². The number of ether oxygens (including phenoxy) is 2. The molecular formula is C12H15NO4. The molecule has 0 aliphatic carbocycles. The number of methoxy groups -OCH3 is 2. The molecule has 0 aromatic heterocycles. The topological polar surface area (TPSA) is 64.6 Å². The fraction of sp³-hybridized carbons (Fsp3) is 0.333. The molecule has 0 spiro atoms. The van der Waals surface area contributed by atoms with Gasteiger partial charge in [0.25, 0.3) is 0 Å². The van der Waals surface area contributed by atoms with Crippen molar-refractivity contribution in [2.45, 2.75) is 13.3 Å². The molecule has 0 unspecified atom stereocenters. The maximum atomic E-state index is 11.5. The quantitative estimate of drug-likeness (QED) is 0.811. The zero-order valence-corrected chi connectivity index (χ0v) is 10.1. The number of anilines is 1. The molecule has 0 saturated heterocycles. The zero-order chi connectivity index (χ0) is 12.8. The van der Waals surface area contributed by atoms with Crippen molar-refractivity contribution in [1.29, 1.82) is 0 Å². The van der Waals surface area contributed by atoms with Crippen molar-refractivity contribution < 1.29 is 19.1 Å². The highest BCUT2D eigenvalue weighted by Crippen LogP contribution is 2.23. The van der Waals surface area contributed by atoms with Gasteiger partial charge in [-0.05, 0) is 18.2 Å². The average Bonchev–Trinajstić information content (AvgIpc) is 2.38. The standard InChI is InChI=1S/C12H15NO4/c1-4-11(14)13-10-6-5-8(16-2)7-9(10)12(15)17-3/h5-7H,4H2,1-3H3,(H,13,14). The van der Waals surface area contributed by atoms with Crippen LogP contribution in [0.15, 0.2) is 18.2 Å². The Labute approximate surface area is 99.7 Å². The Morgan fingerprint density at radius 3 is 2.53 bits per heavy atom. The number of nitrogens with one attached hydrogen (secondary N) is 1. The number of carbonyl (C=O) groups is 2. The second-order valence-corrected chi connectivity index (χ2v) is 3.30. The monoisotopic (exact) mass is 237 g/mol. The third kappa shape index (κ3) is 3.21. The van der Waals surface area contributed by atoms with E-state index in [1.54, 1.807) is 19.1 Å². The summed E-state index contributed by atoms with van der Waals surface area (Å²) in [6, 6.07) is 4.80. The summed E-state index contributed by atoms with van der Waals surface area (Å²) in [6.07, 6.45) is 0.340. The molecule has 0 bridgehead atoms. The molecular weight excluding hydrogens is 222 g/mol. The van der Waals surface area contributed by atoms with Gasteiger partial charge in [0.15, 0.2) is 0 Å². The Morgan fingerprint density at radius 2 is 2.00 bits per heavy atom. The van der Waals surface area contributed by atoms with E-state index in [-0.39, 0.29) is 11.5 Å². The lowest BCUT2D eigenvalue weighted by Gasteiger charge is -2.10. The van der Waals surface area contributed by atoms with Gasteiger partial charge in [0.05, 0.1) is 25.5 Å². The number of esters is 1.